The van der Waals surface area contributed by atoms with Crippen molar-refractivity contribution in [3.63, 3.8) is 0 Å². The Hall–Kier alpha value is -1.79. The second kappa shape index (κ2) is 9.61. The summed E-state index contributed by atoms with van der Waals surface area (Å²) in [4.78, 5) is 17.7. The number of benzene rings is 1. The Morgan fingerprint density at radius 2 is 1.75 bits per heavy atom. The Balaban J connectivity index is 1.50. The number of piperidine rings is 1. The molecule has 1 amide bonds. The molecule has 1 atom stereocenters. The number of piperazine rings is 1. The summed E-state index contributed by atoms with van der Waals surface area (Å²) >= 11 is 0. The van der Waals surface area contributed by atoms with Crippen LogP contribution in [0.1, 0.15) is 30.9 Å². The number of quaternary nitrogens is 2. The van der Waals surface area contributed by atoms with E-state index in [1.165, 1.54) is 22.4 Å². The molecule has 2 N–H and O–H groups in total. The zero-order valence-corrected chi connectivity index (χ0v) is 18.0. The van der Waals surface area contributed by atoms with Gasteiger partial charge in [-0.15, -0.1) is 0 Å². The molecule has 1 aromatic rings. The van der Waals surface area contributed by atoms with E-state index in [9.17, 15) is 4.79 Å². The predicted molar refractivity (Wildman–Crippen MR) is 109 cm³/mol. The van der Waals surface area contributed by atoms with Crippen molar-refractivity contribution in [1.29, 1.82) is 0 Å². The number of rotatable bonds is 6. The van der Waals surface area contributed by atoms with Crippen LogP contribution < -0.4 is 19.3 Å². The number of nitrogens with one attached hydrogen (secondary N) is 2. The van der Waals surface area contributed by atoms with Gasteiger partial charge in [0.25, 0.3) is 5.91 Å². The van der Waals surface area contributed by atoms with Crippen LogP contribution >= 0.6 is 0 Å². The summed E-state index contributed by atoms with van der Waals surface area (Å²) in [6.45, 7) is 12.3. The first-order valence-electron chi connectivity index (χ1n) is 10.7. The Bertz CT molecular complexity index is 671. The van der Waals surface area contributed by atoms with E-state index in [0.717, 1.165) is 63.7 Å². The summed E-state index contributed by atoms with van der Waals surface area (Å²) in [6, 6.07) is 4.18. The topological polar surface area (TPSA) is 47.7 Å². The fourth-order valence-corrected chi connectivity index (χ4v) is 4.53. The second-order valence-corrected chi connectivity index (χ2v) is 8.57. The Kier molecular flexibility index (Phi) is 7.18. The fourth-order valence-electron chi connectivity index (χ4n) is 4.53. The first-order valence-corrected chi connectivity index (χ1v) is 10.7. The highest BCUT2D eigenvalue weighted by molar-refractivity contribution is 5.77. The highest BCUT2D eigenvalue weighted by Gasteiger charge is 2.29. The van der Waals surface area contributed by atoms with Gasteiger partial charge in [0, 0.05) is 18.7 Å². The maximum absolute atomic E-state index is 12.6. The minimum absolute atomic E-state index is 0.348. The molecule has 2 aliphatic rings. The average molecular weight is 392 g/mol. The van der Waals surface area contributed by atoms with Gasteiger partial charge in [0.2, 0.25) is 0 Å². The zero-order chi connectivity index (χ0) is 20.1. The standard InChI is InChI=1S/C22H35N3O3/c1-17-6-5-7-25(14-17)22(26)16-24-10-8-23(9-11-24)15-19-13-21(28-4)20(27-3)12-18(19)2/h12-13,17H,5-11,14-16H2,1-4H3/p+2/t17-/m1/s1. The molecular formula is C22H37N3O3+2. The van der Waals surface area contributed by atoms with E-state index in [-0.39, 0.29) is 0 Å². The number of carbonyl (C=O) groups excluding carboxylic acids is 1. The highest BCUT2D eigenvalue weighted by Crippen LogP contribution is 2.29. The van der Waals surface area contributed by atoms with Crippen molar-refractivity contribution in [1.82, 2.24) is 4.90 Å². The molecule has 2 aliphatic heterocycles. The third kappa shape index (κ3) is 5.17. The van der Waals surface area contributed by atoms with Crippen LogP contribution in [0.25, 0.3) is 0 Å². The normalized spacial score (nSPS) is 25.4. The summed E-state index contributed by atoms with van der Waals surface area (Å²) < 4.78 is 10.9. The number of aryl methyl sites for hydroxylation is 1. The molecule has 0 spiro atoms. The van der Waals surface area contributed by atoms with Gasteiger partial charge in [-0.3, -0.25) is 4.79 Å². The molecule has 0 saturated carbocycles. The molecule has 0 unspecified atom stereocenters. The van der Waals surface area contributed by atoms with Gasteiger partial charge in [0.15, 0.2) is 18.0 Å². The van der Waals surface area contributed by atoms with Crippen LogP contribution in [0.2, 0.25) is 0 Å². The third-order valence-corrected chi connectivity index (χ3v) is 6.36. The predicted octanol–water partition coefficient (Wildman–Crippen LogP) is -0.446. The van der Waals surface area contributed by atoms with Crippen LogP contribution in [0.3, 0.4) is 0 Å². The van der Waals surface area contributed by atoms with E-state index in [4.69, 9.17) is 9.47 Å². The highest BCUT2D eigenvalue weighted by atomic mass is 16.5. The Morgan fingerprint density at radius 1 is 1.11 bits per heavy atom. The van der Waals surface area contributed by atoms with E-state index in [0.29, 0.717) is 18.4 Å². The SMILES string of the molecule is COc1cc(C)c(C[NH+]2CC[NH+](CC(=O)N3CCC[C@@H](C)C3)CC2)cc1OC. The fraction of sp³-hybridized carbons (Fsp3) is 0.682. The largest absolute Gasteiger partial charge is 0.493 e. The number of hydrogen-bond acceptors (Lipinski definition) is 3. The molecule has 6 heteroatoms. The van der Waals surface area contributed by atoms with E-state index in [2.05, 4.69) is 30.9 Å². The van der Waals surface area contributed by atoms with Gasteiger partial charge in [0.05, 0.1) is 14.2 Å². The number of amides is 1. The quantitative estimate of drug-likeness (QED) is 0.691. The van der Waals surface area contributed by atoms with E-state index in [1.807, 2.05) is 0 Å². The minimum atomic E-state index is 0.348. The molecule has 6 nitrogen and oxygen atoms in total. The zero-order valence-electron chi connectivity index (χ0n) is 18.0. The van der Waals surface area contributed by atoms with Gasteiger partial charge < -0.3 is 24.2 Å². The van der Waals surface area contributed by atoms with Crippen LogP contribution in [0, 0.1) is 12.8 Å². The molecule has 2 heterocycles. The number of carbonyl (C=O) groups is 1. The van der Waals surface area contributed by atoms with Crippen molar-refractivity contribution in [2.75, 3.05) is 60.0 Å². The smallest absolute Gasteiger partial charge is 0.277 e. The van der Waals surface area contributed by atoms with Crippen molar-refractivity contribution in [2.45, 2.75) is 33.2 Å². The van der Waals surface area contributed by atoms with Crippen molar-refractivity contribution in [3.05, 3.63) is 23.3 Å². The molecule has 28 heavy (non-hydrogen) atoms. The molecule has 3 rings (SSSR count). The van der Waals surface area contributed by atoms with Gasteiger partial charge in [0.1, 0.15) is 32.7 Å². The average Bonchev–Trinajstić information content (AvgIpc) is 2.70. The van der Waals surface area contributed by atoms with Crippen molar-refractivity contribution >= 4 is 5.91 Å². The van der Waals surface area contributed by atoms with E-state index < -0.39 is 0 Å². The number of nitrogens with zero attached hydrogens (tertiary/aromatic N) is 1. The van der Waals surface area contributed by atoms with Gasteiger partial charge in [-0.25, -0.2) is 0 Å². The van der Waals surface area contributed by atoms with Gasteiger partial charge in [-0.05, 0) is 43.4 Å². The maximum Gasteiger partial charge on any atom is 0.277 e. The second-order valence-electron chi connectivity index (χ2n) is 8.57. The van der Waals surface area contributed by atoms with Crippen LogP contribution in [-0.2, 0) is 11.3 Å². The minimum Gasteiger partial charge on any atom is -0.493 e. The molecule has 0 radical (unpaired) electrons. The van der Waals surface area contributed by atoms with E-state index >= 15 is 0 Å². The lowest BCUT2D eigenvalue weighted by molar-refractivity contribution is -1.02. The molecule has 156 valence electrons. The first kappa shape index (κ1) is 20.9. The lowest BCUT2D eigenvalue weighted by Gasteiger charge is -2.34. The summed E-state index contributed by atoms with van der Waals surface area (Å²) in [6.07, 6.45) is 2.42. The molecule has 2 fully saturated rings. The van der Waals surface area contributed by atoms with Gasteiger partial charge in [-0.2, -0.15) is 0 Å². The molecule has 0 bridgehead atoms. The lowest BCUT2D eigenvalue weighted by Crippen LogP contribution is -3.28. The summed E-state index contributed by atoms with van der Waals surface area (Å²) in [5.74, 6) is 2.59. The molecule has 2 saturated heterocycles. The van der Waals surface area contributed by atoms with Gasteiger partial charge >= 0.3 is 0 Å². The summed E-state index contributed by atoms with van der Waals surface area (Å²) in [5.41, 5.74) is 2.56. The van der Waals surface area contributed by atoms with E-state index in [1.54, 1.807) is 19.1 Å². The lowest BCUT2D eigenvalue weighted by atomic mass is 10.0. The molecule has 0 aliphatic carbocycles. The Labute approximate surface area is 169 Å². The maximum atomic E-state index is 12.6. The monoisotopic (exact) mass is 391 g/mol. The van der Waals surface area contributed by atoms with Crippen LogP contribution in [0.4, 0.5) is 0 Å². The van der Waals surface area contributed by atoms with Crippen molar-refractivity contribution < 1.29 is 24.1 Å². The van der Waals surface area contributed by atoms with Crippen LogP contribution in [0.5, 0.6) is 11.5 Å². The summed E-state index contributed by atoms with van der Waals surface area (Å²) in [5, 5.41) is 0. The van der Waals surface area contributed by atoms with Gasteiger partial charge in [-0.1, -0.05) is 6.92 Å². The first-order chi connectivity index (χ1) is 13.5. The molecule has 0 aromatic heterocycles. The number of ether oxygens (including phenoxy) is 2. The molecule has 1 aromatic carbocycles. The number of likely N-dealkylation sites (tertiary alicyclic amines) is 1. The van der Waals surface area contributed by atoms with Crippen molar-refractivity contribution in [2.24, 2.45) is 5.92 Å². The van der Waals surface area contributed by atoms with Crippen molar-refractivity contribution in [3.8, 4) is 11.5 Å². The number of methoxy groups -OCH3 is 2. The third-order valence-electron chi connectivity index (χ3n) is 6.36. The van der Waals surface area contributed by atoms with Crippen LogP contribution in [-0.4, -0.2) is 70.8 Å². The summed E-state index contributed by atoms with van der Waals surface area (Å²) in [7, 11) is 3.36. The Morgan fingerprint density at radius 3 is 2.39 bits per heavy atom. The number of hydrogen-bond donors (Lipinski definition) is 2. The molecular weight excluding hydrogens is 354 g/mol. The van der Waals surface area contributed by atoms with Crippen LogP contribution in [0.15, 0.2) is 12.1 Å².